The second kappa shape index (κ2) is 10.3. The Kier molecular flexibility index (Phi) is 6.96. The number of hydrogen-bond acceptors (Lipinski definition) is 8. The molecule has 0 fully saturated rings. The van der Waals surface area contributed by atoms with Gasteiger partial charge in [-0.25, -0.2) is 0 Å². The van der Waals surface area contributed by atoms with E-state index in [1.165, 1.54) is 30.3 Å². The van der Waals surface area contributed by atoms with Gasteiger partial charge in [-0.3, -0.25) is 0 Å². The molecule has 0 bridgehead atoms. The van der Waals surface area contributed by atoms with Crippen molar-refractivity contribution < 1.29 is 40.5 Å². The summed E-state index contributed by atoms with van der Waals surface area (Å²) in [4.78, 5) is 0. The van der Waals surface area contributed by atoms with Crippen LogP contribution >= 0.6 is 0 Å². The average Bonchev–Trinajstić information content (AvgIpc) is 2.83. The maximum atomic E-state index is 10.5. The molecule has 0 saturated heterocycles. The van der Waals surface area contributed by atoms with E-state index in [2.05, 4.69) is 0 Å². The van der Waals surface area contributed by atoms with Crippen LogP contribution in [0.15, 0.2) is 66.7 Å². The summed E-state index contributed by atoms with van der Waals surface area (Å²) in [5, 5.41) is 69.4. The van der Waals surface area contributed by atoms with Crippen molar-refractivity contribution in [3.05, 3.63) is 89.0 Å². The van der Waals surface area contributed by atoms with E-state index in [4.69, 9.17) is 4.74 Å². The van der Waals surface area contributed by atoms with E-state index in [1.807, 2.05) is 6.07 Å². The highest BCUT2D eigenvalue weighted by molar-refractivity contribution is 5.54. The Hall–Kier alpha value is -4.72. The van der Waals surface area contributed by atoms with Crippen LogP contribution in [0.4, 0.5) is 0 Å². The van der Waals surface area contributed by atoms with Crippen LogP contribution in [-0.4, -0.2) is 35.7 Å². The van der Waals surface area contributed by atoms with Crippen molar-refractivity contribution >= 4 is 0 Å². The minimum atomic E-state index is -0.571. The Morgan fingerprint density at radius 3 is 1.78 bits per heavy atom. The van der Waals surface area contributed by atoms with E-state index in [1.54, 1.807) is 30.3 Å². The zero-order valence-electron chi connectivity index (χ0n) is 19.2. The van der Waals surface area contributed by atoms with Crippen molar-refractivity contribution in [2.24, 2.45) is 0 Å². The number of aryl methyl sites for hydroxylation is 4. The number of phenolic OH excluding ortho intramolecular Hbond substituents is 7. The standard InChI is InChI=1S/C28H26O8/c29-20-3-1-2-16(10-20)6-8-19-14-27(23(32)15-21(19)30)36-26-9-7-17(11-22(26)31)4-5-18-12-24(33)28(35)25(34)13-18/h1-3,7,9-15,29-35H,4-6,8H2. The van der Waals surface area contributed by atoms with E-state index in [9.17, 15) is 35.7 Å². The highest BCUT2D eigenvalue weighted by Gasteiger charge is 2.14. The first-order valence-electron chi connectivity index (χ1n) is 11.3. The zero-order chi connectivity index (χ0) is 25.8. The van der Waals surface area contributed by atoms with E-state index in [0.29, 0.717) is 36.8 Å². The molecule has 0 amide bonds. The molecule has 0 atom stereocenters. The Morgan fingerprint density at radius 2 is 1.08 bits per heavy atom. The summed E-state index contributed by atoms with van der Waals surface area (Å²) in [5.41, 5.74) is 2.78. The number of ether oxygens (including phenoxy) is 1. The second-order valence-corrected chi connectivity index (χ2v) is 8.51. The smallest absolute Gasteiger partial charge is 0.200 e. The molecule has 0 aliphatic rings. The largest absolute Gasteiger partial charge is 0.508 e. The molecule has 0 unspecified atom stereocenters. The number of phenols is 7. The van der Waals surface area contributed by atoms with Crippen LogP contribution in [0.2, 0.25) is 0 Å². The zero-order valence-corrected chi connectivity index (χ0v) is 19.2. The van der Waals surface area contributed by atoms with Gasteiger partial charge in [0.15, 0.2) is 40.2 Å². The molecule has 0 radical (unpaired) electrons. The van der Waals surface area contributed by atoms with Crippen molar-refractivity contribution in [3.63, 3.8) is 0 Å². The minimum Gasteiger partial charge on any atom is -0.508 e. The van der Waals surface area contributed by atoms with Gasteiger partial charge in [-0.05, 0) is 90.4 Å². The molecule has 0 aromatic heterocycles. The third-order valence-corrected chi connectivity index (χ3v) is 5.83. The quantitative estimate of drug-likeness (QED) is 0.171. The van der Waals surface area contributed by atoms with Gasteiger partial charge in [-0.2, -0.15) is 0 Å². The molecule has 8 heteroatoms. The third-order valence-electron chi connectivity index (χ3n) is 5.83. The van der Waals surface area contributed by atoms with Crippen molar-refractivity contribution in [3.8, 4) is 51.7 Å². The van der Waals surface area contributed by atoms with Crippen LogP contribution in [0.25, 0.3) is 0 Å². The molecule has 36 heavy (non-hydrogen) atoms. The van der Waals surface area contributed by atoms with Gasteiger partial charge in [0.1, 0.15) is 11.5 Å². The maximum absolute atomic E-state index is 10.5. The van der Waals surface area contributed by atoms with E-state index < -0.39 is 17.2 Å². The minimum absolute atomic E-state index is 0.0665. The van der Waals surface area contributed by atoms with Crippen molar-refractivity contribution in [1.82, 2.24) is 0 Å². The van der Waals surface area contributed by atoms with Crippen molar-refractivity contribution in [2.45, 2.75) is 25.7 Å². The predicted octanol–water partition coefficient (Wildman–Crippen LogP) is 4.99. The van der Waals surface area contributed by atoms with Gasteiger partial charge in [-0.1, -0.05) is 18.2 Å². The van der Waals surface area contributed by atoms with E-state index >= 15 is 0 Å². The van der Waals surface area contributed by atoms with Gasteiger partial charge in [-0.15, -0.1) is 0 Å². The summed E-state index contributed by atoms with van der Waals surface area (Å²) in [7, 11) is 0. The SMILES string of the molecule is Oc1cccc(CCc2cc(Oc3ccc(CCc4cc(O)c(O)c(O)c4)cc3O)c(O)cc2O)c1. The van der Waals surface area contributed by atoms with Crippen molar-refractivity contribution in [2.75, 3.05) is 0 Å². The van der Waals surface area contributed by atoms with Gasteiger partial charge in [0.25, 0.3) is 0 Å². The Bertz CT molecular complexity index is 1370. The summed E-state index contributed by atoms with van der Waals surface area (Å²) >= 11 is 0. The first-order valence-corrected chi connectivity index (χ1v) is 11.3. The molecule has 4 aromatic carbocycles. The number of benzene rings is 4. The molecular weight excluding hydrogens is 464 g/mol. The summed E-state index contributed by atoms with van der Waals surface area (Å²) < 4.78 is 5.72. The first-order chi connectivity index (χ1) is 17.2. The molecule has 0 aliphatic heterocycles. The summed E-state index contributed by atoms with van der Waals surface area (Å²) in [6, 6.07) is 17.0. The molecule has 0 heterocycles. The molecule has 186 valence electrons. The van der Waals surface area contributed by atoms with Gasteiger partial charge < -0.3 is 40.5 Å². The fraction of sp³-hybridized carbons (Fsp3) is 0.143. The summed E-state index contributed by atoms with van der Waals surface area (Å²) in [5.74, 6) is -1.59. The van der Waals surface area contributed by atoms with Crippen LogP contribution in [0, 0.1) is 0 Å². The van der Waals surface area contributed by atoms with Crippen molar-refractivity contribution in [1.29, 1.82) is 0 Å². The fourth-order valence-electron chi connectivity index (χ4n) is 3.89. The molecular formula is C28H26O8. The molecule has 0 aliphatic carbocycles. The summed E-state index contributed by atoms with van der Waals surface area (Å²) in [6.45, 7) is 0. The number of rotatable bonds is 8. The lowest BCUT2D eigenvalue weighted by atomic mass is 10.0. The molecule has 0 spiro atoms. The van der Waals surface area contributed by atoms with Gasteiger partial charge >= 0.3 is 0 Å². The number of aromatic hydroxyl groups is 7. The predicted molar refractivity (Wildman–Crippen MR) is 132 cm³/mol. The molecule has 7 N–H and O–H groups in total. The van der Waals surface area contributed by atoms with Gasteiger partial charge in [0.05, 0.1) is 0 Å². The maximum Gasteiger partial charge on any atom is 0.200 e. The van der Waals surface area contributed by atoms with Gasteiger partial charge in [0.2, 0.25) is 0 Å². The van der Waals surface area contributed by atoms with E-state index in [0.717, 1.165) is 11.1 Å². The highest BCUT2D eigenvalue weighted by Crippen LogP contribution is 2.40. The molecule has 4 aromatic rings. The lowest BCUT2D eigenvalue weighted by Gasteiger charge is -2.13. The van der Waals surface area contributed by atoms with Crippen LogP contribution in [0.1, 0.15) is 22.3 Å². The Morgan fingerprint density at radius 1 is 0.472 bits per heavy atom. The highest BCUT2D eigenvalue weighted by atomic mass is 16.5. The Balaban J connectivity index is 1.45. The van der Waals surface area contributed by atoms with Gasteiger partial charge in [0, 0.05) is 6.07 Å². The molecule has 0 saturated carbocycles. The van der Waals surface area contributed by atoms with Crippen LogP contribution in [0.5, 0.6) is 51.7 Å². The van der Waals surface area contributed by atoms with Crippen LogP contribution < -0.4 is 4.74 Å². The van der Waals surface area contributed by atoms with Crippen LogP contribution in [-0.2, 0) is 25.7 Å². The van der Waals surface area contributed by atoms with Crippen LogP contribution in [0.3, 0.4) is 0 Å². The van der Waals surface area contributed by atoms with E-state index in [-0.39, 0.29) is 34.5 Å². The monoisotopic (exact) mass is 490 g/mol. The fourth-order valence-corrected chi connectivity index (χ4v) is 3.89. The number of hydrogen-bond donors (Lipinski definition) is 7. The lowest BCUT2D eigenvalue weighted by Crippen LogP contribution is -1.95. The lowest BCUT2D eigenvalue weighted by molar-refractivity contribution is 0.367. The first kappa shape index (κ1) is 24.4. The topological polar surface area (TPSA) is 151 Å². The third kappa shape index (κ3) is 5.67. The Labute approximate surface area is 207 Å². The normalized spacial score (nSPS) is 10.9. The summed E-state index contributed by atoms with van der Waals surface area (Å²) in [6.07, 6.45) is 1.88. The molecule has 8 nitrogen and oxygen atoms in total. The second-order valence-electron chi connectivity index (χ2n) is 8.51. The average molecular weight is 491 g/mol. The molecule has 4 rings (SSSR count).